The summed E-state index contributed by atoms with van der Waals surface area (Å²) in [5.74, 6) is 1.02. The normalized spacial score (nSPS) is 15.4. The Morgan fingerprint density at radius 3 is 2.76 bits per heavy atom. The average molecular weight is 383 g/mol. The van der Waals surface area contributed by atoms with Gasteiger partial charge in [0, 0.05) is 17.6 Å². The summed E-state index contributed by atoms with van der Waals surface area (Å²) >= 11 is 0. The molecule has 7 heteroatoms. The molecule has 6 rings (SSSR count). The van der Waals surface area contributed by atoms with Crippen molar-refractivity contribution in [3.8, 4) is 11.3 Å². The number of hydrogen-bond acceptors (Lipinski definition) is 5. The SMILES string of the molecule is c1ccc2c(c1)cc(-c1nc3ccccn3c1NC1CCCCC1)c1nnnn12. The van der Waals surface area contributed by atoms with Crippen LogP contribution in [-0.4, -0.2) is 35.5 Å². The van der Waals surface area contributed by atoms with Crippen LogP contribution < -0.4 is 5.32 Å². The summed E-state index contributed by atoms with van der Waals surface area (Å²) in [4.78, 5) is 4.98. The van der Waals surface area contributed by atoms with E-state index in [1.54, 1.807) is 4.52 Å². The number of para-hydroxylation sites is 1. The molecule has 0 aliphatic heterocycles. The van der Waals surface area contributed by atoms with Gasteiger partial charge in [0.2, 0.25) is 0 Å². The van der Waals surface area contributed by atoms with Crippen molar-refractivity contribution in [3.05, 3.63) is 54.7 Å². The number of hydrogen-bond donors (Lipinski definition) is 1. The van der Waals surface area contributed by atoms with E-state index in [0.717, 1.165) is 39.3 Å². The van der Waals surface area contributed by atoms with Crippen molar-refractivity contribution in [2.24, 2.45) is 0 Å². The minimum absolute atomic E-state index is 0.468. The van der Waals surface area contributed by atoms with E-state index in [9.17, 15) is 0 Å². The molecule has 4 heterocycles. The van der Waals surface area contributed by atoms with Crippen molar-refractivity contribution in [1.29, 1.82) is 0 Å². The average Bonchev–Trinajstić information content (AvgIpc) is 3.40. The van der Waals surface area contributed by atoms with Gasteiger partial charge in [0.15, 0.2) is 5.65 Å². The number of pyridine rings is 2. The van der Waals surface area contributed by atoms with Crippen LogP contribution in [0, 0.1) is 0 Å². The minimum Gasteiger partial charge on any atom is -0.367 e. The van der Waals surface area contributed by atoms with E-state index in [1.807, 2.05) is 36.4 Å². The molecule has 7 nitrogen and oxygen atoms in total. The van der Waals surface area contributed by atoms with E-state index in [1.165, 1.54) is 32.1 Å². The molecule has 0 radical (unpaired) electrons. The topological polar surface area (TPSA) is 72.4 Å². The highest BCUT2D eigenvalue weighted by atomic mass is 15.5. The summed E-state index contributed by atoms with van der Waals surface area (Å²) in [5.41, 5.74) is 4.46. The molecule has 0 spiro atoms. The number of nitrogens with one attached hydrogen (secondary N) is 1. The molecule has 1 saturated carbocycles. The summed E-state index contributed by atoms with van der Waals surface area (Å²) in [6.07, 6.45) is 8.33. The second-order valence-corrected chi connectivity index (χ2v) is 7.75. The van der Waals surface area contributed by atoms with Gasteiger partial charge in [-0.25, -0.2) is 4.98 Å². The molecule has 0 atom stereocenters. The number of tetrazole rings is 1. The standard InChI is InChI=1S/C22H21N7/c1-2-9-16(10-3-1)23-22-20(24-19-12-6-7-13-28(19)22)17-14-15-8-4-5-11-18(15)29-21(17)25-26-27-29/h4-8,11-14,16,23H,1-3,9-10H2. The quantitative estimate of drug-likeness (QED) is 0.502. The lowest BCUT2D eigenvalue weighted by molar-refractivity contribution is 0.462. The summed E-state index contributed by atoms with van der Waals surface area (Å²) in [6.45, 7) is 0. The minimum atomic E-state index is 0.468. The highest BCUT2D eigenvalue weighted by molar-refractivity contribution is 5.93. The zero-order chi connectivity index (χ0) is 19.2. The lowest BCUT2D eigenvalue weighted by atomic mass is 9.95. The third-order valence-electron chi connectivity index (χ3n) is 5.91. The van der Waals surface area contributed by atoms with Gasteiger partial charge in [-0.05, 0) is 47.5 Å². The fourth-order valence-electron chi connectivity index (χ4n) is 4.48. The molecule has 5 aromatic rings. The second kappa shape index (κ2) is 6.55. The van der Waals surface area contributed by atoms with Gasteiger partial charge in [0.1, 0.15) is 17.2 Å². The Bertz CT molecular complexity index is 1330. The molecule has 0 saturated heterocycles. The number of nitrogens with zero attached hydrogens (tertiary/aromatic N) is 6. The van der Waals surface area contributed by atoms with Crippen LogP contribution >= 0.6 is 0 Å². The molecule has 1 N–H and O–H groups in total. The lowest BCUT2D eigenvalue weighted by Crippen LogP contribution is -2.23. The molecule has 0 unspecified atom stereocenters. The predicted molar refractivity (Wildman–Crippen MR) is 113 cm³/mol. The van der Waals surface area contributed by atoms with Crippen molar-refractivity contribution >= 4 is 28.0 Å². The van der Waals surface area contributed by atoms with Crippen molar-refractivity contribution in [3.63, 3.8) is 0 Å². The maximum atomic E-state index is 4.98. The van der Waals surface area contributed by atoms with E-state index in [2.05, 4.69) is 43.6 Å². The maximum Gasteiger partial charge on any atom is 0.189 e. The predicted octanol–water partition coefficient (Wildman–Crippen LogP) is 4.34. The molecule has 0 amide bonds. The van der Waals surface area contributed by atoms with E-state index < -0.39 is 0 Å². The molecular formula is C22H21N7. The second-order valence-electron chi connectivity index (χ2n) is 7.75. The molecule has 144 valence electrons. The molecule has 1 aromatic carbocycles. The molecule has 1 fully saturated rings. The van der Waals surface area contributed by atoms with Gasteiger partial charge in [0.05, 0.1) is 11.1 Å². The van der Waals surface area contributed by atoms with E-state index in [0.29, 0.717) is 6.04 Å². The highest BCUT2D eigenvalue weighted by Gasteiger charge is 2.22. The Kier molecular flexibility index (Phi) is 3.72. The van der Waals surface area contributed by atoms with E-state index in [-0.39, 0.29) is 0 Å². The Hall–Kier alpha value is -3.48. The smallest absolute Gasteiger partial charge is 0.189 e. The van der Waals surface area contributed by atoms with Gasteiger partial charge in [-0.2, -0.15) is 4.52 Å². The highest BCUT2D eigenvalue weighted by Crippen LogP contribution is 2.35. The monoisotopic (exact) mass is 383 g/mol. The zero-order valence-corrected chi connectivity index (χ0v) is 16.0. The van der Waals surface area contributed by atoms with Crippen molar-refractivity contribution in [1.82, 2.24) is 29.4 Å². The van der Waals surface area contributed by atoms with Crippen molar-refractivity contribution in [2.45, 2.75) is 38.1 Å². The summed E-state index contributed by atoms with van der Waals surface area (Å²) < 4.78 is 3.94. The fraction of sp³-hybridized carbons (Fsp3) is 0.273. The molecular weight excluding hydrogens is 362 g/mol. The van der Waals surface area contributed by atoms with Crippen molar-refractivity contribution < 1.29 is 0 Å². The fourth-order valence-corrected chi connectivity index (χ4v) is 4.48. The van der Waals surface area contributed by atoms with Crippen LogP contribution in [0.15, 0.2) is 54.7 Å². The Morgan fingerprint density at radius 2 is 1.83 bits per heavy atom. The van der Waals surface area contributed by atoms with Gasteiger partial charge in [-0.3, -0.25) is 4.40 Å². The van der Waals surface area contributed by atoms with Crippen LogP contribution in [0.3, 0.4) is 0 Å². The number of rotatable bonds is 3. The number of anilines is 1. The number of imidazole rings is 1. The van der Waals surface area contributed by atoms with Gasteiger partial charge in [-0.1, -0.05) is 43.5 Å². The first kappa shape index (κ1) is 16.5. The molecule has 4 aromatic heterocycles. The first-order valence-corrected chi connectivity index (χ1v) is 10.2. The number of aromatic nitrogens is 6. The lowest BCUT2D eigenvalue weighted by Gasteiger charge is -2.24. The van der Waals surface area contributed by atoms with Gasteiger partial charge in [0.25, 0.3) is 0 Å². The zero-order valence-electron chi connectivity index (χ0n) is 16.0. The number of fused-ring (bicyclic) bond motifs is 4. The van der Waals surface area contributed by atoms with Gasteiger partial charge < -0.3 is 5.32 Å². The van der Waals surface area contributed by atoms with Crippen LogP contribution in [0.2, 0.25) is 0 Å². The Balaban J connectivity index is 1.60. The van der Waals surface area contributed by atoms with Crippen LogP contribution in [0.1, 0.15) is 32.1 Å². The largest absolute Gasteiger partial charge is 0.367 e. The Morgan fingerprint density at radius 1 is 0.966 bits per heavy atom. The third kappa shape index (κ3) is 2.65. The molecule has 1 aliphatic rings. The van der Waals surface area contributed by atoms with Crippen LogP contribution in [0.25, 0.3) is 33.5 Å². The van der Waals surface area contributed by atoms with Gasteiger partial charge >= 0.3 is 0 Å². The third-order valence-corrected chi connectivity index (χ3v) is 5.91. The van der Waals surface area contributed by atoms with E-state index >= 15 is 0 Å². The number of benzene rings is 1. The van der Waals surface area contributed by atoms with Crippen molar-refractivity contribution in [2.75, 3.05) is 5.32 Å². The van der Waals surface area contributed by atoms with Crippen LogP contribution in [0.5, 0.6) is 0 Å². The maximum absolute atomic E-state index is 4.98. The van der Waals surface area contributed by atoms with E-state index in [4.69, 9.17) is 4.98 Å². The molecule has 29 heavy (non-hydrogen) atoms. The summed E-state index contributed by atoms with van der Waals surface area (Å²) in [5, 5.41) is 17.4. The van der Waals surface area contributed by atoms with Crippen LogP contribution in [0.4, 0.5) is 5.82 Å². The first-order chi connectivity index (χ1) is 14.4. The van der Waals surface area contributed by atoms with Crippen LogP contribution in [-0.2, 0) is 0 Å². The first-order valence-electron chi connectivity index (χ1n) is 10.2. The molecule has 0 bridgehead atoms. The summed E-state index contributed by atoms with van der Waals surface area (Å²) in [7, 11) is 0. The summed E-state index contributed by atoms with van der Waals surface area (Å²) in [6, 6.07) is 16.9. The Labute approximate surface area is 167 Å². The van der Waals surface area contributed by atoms with Gasteiger partial charge in [-0.15, -0.1) is 5.10 Å². The molecule has 1 aliphatic carbocycles.